The van der Waals surface area contributed by atoms with Gasteiger partial charge >= 0.3 is 0 Å². The number of amides is 2. The number of halogens is 1. The summed E-state index contributed by atoms with van der Waals surface area (Å²) in [6.07, 6.45) is 2.85. The Balaban J connectivity index is 1.75. The number of nitrogens with zero attached hydrogens (tertiary/aromatic N) is 5. The van der Waals surface area contributed by atoms with E-state index in [-0.39, 0.29) is 17.2 Å². The molecule has 31 heavy (non-hydrogen) atoms. The number of imide groups is 1. The van der Waals surface area contributed by atoms with Crippen molar-refractivity contribution in [2.75, 3.05) is 6.54 Å². The van der Waals surface area contributed by atoms with Crippen molar-refractivity contribution in [3.8, 4) is 5.69 Å². The van der Waals surface area contributed by atoms with E-state index < -0.39 is 18.0 Å². The van der Waals surface area contributed by atoms with E-state index in [1.165, 1.54) is 6.33 Å². The second kappa shape index (κ2) is 9.42. The molecule has 3 atom stereocenters. The van der Waals surface area contributed by atoms with E-state index in [4.69, 9.17) is 17.3 Å². The summed E-state index contributed by atoms with van der Waals surface area (Å²) in [7, 11) is 0. The van der Waals surface area contributed by atoms with E-state index in [9.17, 15) is 9.59 Å². The zero-order valence-corrected chi connectivity index (χ0v) is 19.1. The van der Waals surface area contributed by atoms with E-state index in [0.29, 0.717) is 18.0 Å². The third-order valence-electron chi connectivity index (χ3n) is 5.50. The molecule has 1 aliphatic heterocycles. The maximum atomic E-state index is 13.0. The van der Waals surface area contributed by atoms with Crippen LogP contribution in [0.25, 0.3) is 5.69 Å². The highest BCUT2D eigenvalue weighted by molar-refractivity contribution is 6.30. The number of rotatable bonds is 6. The van der Waals surface area contributed by atoms with Crippen molar-refractivity contribution in [3.05, 3.63) is 35.1 Å². The number of hydrogen-bond donors (Lipinski definition) is 2. The highest BCUT2D eigenvalue weighted by Gasteiger charge is 2.38. The first-order valence-electron chi connectivity index (χ1n) is 10.4. The predicted molar refractivity (Wildman–Crippen MR) is 117 cm³/mol. The minimum Gasteiger partial charge on any atom is -0.320 e. The lowest BCUT2D eigenvalue weighted by molar-refractivity contribution is -0.134. The van der Waals surface area contributed by atoms with E-state index in [1.807, 2.05) is 39.8 Å². The highest BCUT2D eigenvalue weighted by atomic mass is 35.5. The van der Waals surface area contributed by atoms with E-state index in [0.717, 1.165) is 24.2 Å². The number of aromatic nitrogens is 4. The average molecular weight is 448 g/mol. The molecule has 2 aromatic rings. The minimum absolute atomic E-state index is 0.0994. The molecule has 1 aliphatic rings. The molecule has 0 spiro atoms. The number of hydrogen-bond acceptors (Lipinski definition) is 7. The molecule has 1 aromatic heterocycles. The molecule has 168 valence electrons. The largest absolute Gasteiger partial charge is 0.320 e. The Morgan fingerprint density at radius 2 is 2.10 bits per heavy atom. The van der Waals surface area contributed by atoms with Crippen molar-refractivity contribution < 1.29 is 9.59 Å². The standard InChI is InChI=1S/C21H30ClN7O2/c1-13-7-8-28(18(13)20(31)25-19(30)16(23)10-21(2,3)4)11-14-9-15(22)5-6-17(14)29-12-24-26-27-29/h5-6,9,12-13,16,18H,7-8,10-11,23H2,1-4H3,(H,25,30,31)/t13-,16-,18?/m1/s1. The topological polar surface area (TPSA) is 119 Å². The van der Waals surface area contributed by atoms with Crippen molar-refractivity contribution in [2.45, 2.75) is 59.2 Å². The third-order valence-corrected chi connectivity index (χ3v) is 5.73. The third kappa shape index (κ3) is 5.87. The van der Waals surface area contributed by atoms with Crippen LogP contribution in [0.2, 0.25) is 5.02 Å². The molecule has 0 aliphatic carbocycles. The Morgan fingerprint density at radius 3 is 2.74 bits per heavy atom. The van der Waals surface area contributed by atoms with Crippen molar-refractivity contribution in [3.63, 3.8) is 0 Å². The Morgan fingerprint density at radius 1 is 1.35 bits per heavy atom. The van der Waals surface area contributed by atoms with Crippen LogP contribution in [0.4, 0.5) is 0 Å². The Kier molecular flexibility index (Phi) is 7.08. The van der Waals surface area contributed by atoms with Crippen LogP contribution in [0.1, 0.15) is 46.1 Å². The van der Waals surface area contributed by atoms with E-state index in [2.05, 4.69) is 25.7 Å². The summed E-state index contributed by atoms with van der Waals surface area (Å²) >= 11 is 6.23. The van der Waals surface area contributed by atoms with Crippen molar-refractivity contribution in [1.29, 1.82) is 0 Å². The number of carbonyl (C=O) groups excluding carboxylic acids is 2. The van der Waals surface area contributed by atoms with Gasteiger partial charge in [-0.25, -0.2) is 4.68 Å². The molecule has 0 radical (unpaired) electrons. The van der Waals surface area contributed by atoms with Gasteiger partial charge in [0.25, 0.3) is 0 Å². The van der Waals surface area contributed by atoms with Crippen LogP contribution < -0.4 is 11.1 Å². The Labute approximate surface area is 187 Å². The molecule has 2 heterocycles. The fourth-order valence-corrected chi connectivity index (χ4v) is 4.26. The van der Waals surface area contributed by atoms with Crippen molar-refractivity contribution in [2.24, 2.45) is 17.1 Å². The van der Waals surface area contributed by atoms with Crippen molar-refractivity contribution in [1.82, 2.24) is 30.4 Å². The Hall–Kier alpha value is -2.36. The van der Waals surface area contributed by atoms with Gasteiger partial charge in [-0.05, 0) is 64.9 Å². The lowest BCUT2D eigenvalue weighted by Crippen LogP contribution is -2.52. The summed E-state index contributed by atoms with van der Waals surface area (Å²) in [5.41, 5.74) is 7.59. The highest BCUT2D eigenvalue weighted by Crippen LogP contribution is 2.29. The summed E-state index contributed by atoms with van der Waals surface area (Å²) in [4.78, 5) is 27.6. The Bertz CT molecular complexity index is 926. The molecule has 1 unspecified atom stereocenters. The first-order valence-corrected chi connectivity index (χ1v) is 10.8. The van der Waals surface area contributed by atoms with Gasteiger partial charge < -0.3 is 5.73 Å². The van der Waals surface area contributed by atoms with Gasteiger partial charge in [0.1, 0.15) is 6.33 Å². The van der Waals surface area contributed by atoms with Crippen LogP contribution in [-0.4, -0.2) is 55.5 Å². The molecule has 10 heteroatoms. The second-order valence-electron chi connectivity index (χ2n) is 9.43. The summed E-state index contributed by atoms with van der Waals surface area (Å²) in [5.74, 6) is -0.649. The lowest BCUT2D eigenvalue weighted by atomic mass is 9.88. The molecule has 2 amide bonds. The van der Waals surface area contributed by atoms with Crippen molar-refractivity contribution >= 4 is 23.4 Å². The van der Waals surface area contributed by atoms with Gasteiger partial charge in [0.2, 0.25) is 11.8 Å². The fraction of sp³-hybridized carbons (Fsp3) is 0.571. The first-order chi connectivity index (χ1) is 14.5. The normalized spacial score (nSPS) is 20.6. The predicted octanol–water partition coefficient (Wildman–Crippen LogP) is 1.93. The van der Waals surface area contributed by atoms with Crippen LogP contribution in [0.15, 0.2) is 24.5 Å². The molecule has 9 nitrogen and oxygen atoms in total. The molecule has 3 rings (SSSR count). The zero-order valence-electron chi connectivity index (χ0n) is 18.4. The quantitative estimate of drug-likeness (QED) is 0.694. The van der Waals surface area contributed by atoms with E-state index >= 15 is 0 Å². The maximum absolute atomic E-state index is 13.0. The van der Waals surface area contributed by atoms with Gasteiger partial charge in [0.15, 0.2) is 0 Å². The van der Waals surface area contributed by atoms with Gasteiger partial charge in [-0.15, -0.1) is 5.10 Å². The van der Waals surface area contributed by atoms with Gasteiger partial charge in [-0.2, -0.15) is 0 Å². The lowest BCUT2D eigenvalue weighted by Gasteiger charge is -2.27. The van der Waals surface area contributed by atoms with Crippen LogP contribution in [0, 0.1) is 11.3 Å². The number of carbonyl (C=O) groups is 2. The smallest absolute Gasteiger partial charge is 0.244 e. The molecular weight excluding hydrogens is 418 g/mol. The number of nitrogens with two attached hydrogens (primary N) is 1. The number of nitrogens with one attached hydrogen (secondary N) is 1. The van der Waals surface area contributed by atoms with Crippen LogP contribution in [0.3, 0.4) is 0 Å². The minimum atomic E-state index is -0.728. The monoisotopic (exact) mass is 447 g/mol. The summed E-state index contributed by atoms with van der Waals surface area (Å²) in [5, 5.41) is 14.5. The number of benzene rings is 1. The number of tetrazole rings is 1. The summed E-state index contributed by atoms with van der Waals surface area (Å²) in [6, 6.07) is 4.30. The fourth-order valence-electron chi connectivity index (χ4n) is 4.06. The van der Waals surface area contributed by atoms with Gasteiger partial charge in [-0.3, -0.25) is 19.8 Å². The number of likely N-dealkylation sites (tertiary alicyclic amines) is 1. The molecule has 1 aromatic carbocycles. The zero-order chi connectivity index (χ0) is 22.8. The second-order valence-corrected chi connectivity index (χ2v) is 9.87. The average Bonchev–Trinajstić information content (AvgIpc) is 3.30. The molecule has 0 bridgehead atoms. The van der Waals surface area contributed by atoms with Gasteiger partial charge in [-0.1, -0.05) is 39.3 Å². The first kappa shape index (κ1) is 23.3. The maximum Gasteiger partial charge on any atom is 0.244 e. The molecule has 1 fully saturated rings. The molecule has 0 saturated carbocycles. The molecule has 1 saturated heterocycles. The summed E-state index contributed by atoms with van der Waals surface area (Å²) in [6.45, 7) is 9.25. The van der Waals surface area contributed by atoms with Crippen LogP contribution in [0.5, 0.6) is 0 Å². The van der Waals surface area contributed by atoms with Gasteiger partial charge in [0.05, 0.1) is 17.8 Å². The summed E-state index contributed by atoms with van der Waals surface area (Å²) < 4.78 is 1.56. The molecule has 3 N–H and O–H groups in total. The van der Waals surface area contributed by atoms with Gasteiger partial charge in [0, 0.05) is 11.6 Å². The van der Waals surface area contributed by atoms with Crippen LogP contribution >= 0.6 is 11.6 Å². The van der Waals surface area contributed by atoms with E-state index in [1.54, 1.807) is 10.7 Å². The molecular formula is C21H30ClN7O2. The SMILES string of the molecule is C[C@@H]1CCN(Cc2cc(Cl)ccc2-n2cnnn2)C1C(=O)NC(=O)[C@H](N)CC(C)(C)C. The van der Waals surface area contributed by atoms with Crippen LogP contribution in [-0.2, 0) is 16.1 Å².